The van der Waals surface area contributed by atoms with Gasteiger partial charge < -0.3 is 15.1 Å². The normalized spacial score (nSPS) is 15.2. The molecule has 176 valence electrons. The van der Waals surface area contributed by atoms with E-state index in [9.17, 15) is 0 Å². The molecule has 0 saturated carbocycles. The Morgan fingerprint density at radius 1 is 1.09 bits per heavy atom. The number of aliphatic imine (C=N–C) groups is 1. The SMILES string of the molecule is CCNC(=NCc1coc(-c2ccccc2)n1)NC1CCN(Cc2ccccc2C)CC1.I. The second-order valence-corrected chi connectivity index (χ2v) is 8.33. The average molecular weight is 559 g/mol. The van der Waals surface area contributed by atoms with E-state index in [1.165, 1.54) is 11.1 Å². The van der Waals surface area contributed by atoms with Gasteiger partial charge in [0.05, 0.1) is 6.54 Å². The lowest BCUT2D eigenvalue weighted by molar-refractivity contribution is 0.198. The quantitative estimate of drug-likeness (QED) is 0.243. The molecule has 1 saturated heterocycles. The first kappa shape index (κ1) is 25.2. The predicted molar refractivity (Wildman–Crippen MR) is 145 cm³/mol. The van der Waals surface area contributed by atoms with Crippen LogP contribution in [-0.2, 0) is 13.1 Å². The second-order valence-electron chi connectivity index (χ2n) is 8.33. The van der Waals surface area contributed by atoms with Crippen molar-refractivity contribution in [2.24, 2.45) is 4.99 Å². The molecule has 1 fully saturated rings. The fourth-order valence-corrected chi connectivity index (χ4v) is 4.03. The van der Waals surface area contributed by atoms with Crippen LogP contribution in [0.2, 0.25) is 0 Å². The number of hydrogen-bond acceptors (Lipinski definition) is 4. The van der Waals surface area contributed by atoms with E-state index in [0.29, 0.717) is 18.5 Å². The molecule has 1 aliphatic rings. The lowest BCUT2D eigenvalue weighted by Crippen LogP contribution is -2.48. The molecule has 0 atom stereocenters. The number of rotatable bonds is 7. The zero-order valence-corrected chi connectivity index (χ0v) is 21.8. The molecule has 0 unspecified atom stereocenters. The topological polar surface area (TPSA) is 65.7 Å². The van der Waals surface area contributed by atoms with Crippen molar-refractivity contribution in [1.82, 2.24) is 20.5 Å². The molecule has 4 rings (SSSR count). The molecule has 3 aromatic rings. The first-order valence-electron chi connectivity index (χ1n) is 11.5. The van der Waals surface area contributed by atoms with E-state index in [0.717, 1.165) is 56.2 Å². The van der Waals surface area contributed by atoms with E-state index < -0.39 is 0 Å². The van der Waals surface area contributed by atoms with Crippen molar-refractivity contribution in [3.63, 3.8) is 0 Å². The molecule has 0 bridgehead atoms. The van der Waals surface area contributed by atoms with Crippen LogP contribution in [0.25, 0.3) is 11.5 Å². The van der Waals surface area contributed by atoms with Gasteiger partial charge in [0.25, 0.3) is 0 Å². The Labute approximate surface area is 213 Å². The Kier molecular flexibility index (Phi) is 9.75. The summed E-state index contributed by atoms with van der Waals surface area (Å²) in [6, 6.07) is 19.0. The maximum absolute atomic E-state index is 5.64. The third-order valence-electron chi connectivity index (χ3n) is 5.90. The van der Waals surface area contributed by atoms with Gasteiger partial charge in [-0.3, -0.25) is 4.90 Å². The summed E-state index contributed by atoms with van der Waals surface area (Å²) in [7, 11) is 0. The average Bonchev–Trinajstić information content (AvgIpc) is 3.30. The maximum Gasteiger partial charge on any atom is 0.226 e. The molecule has 1 aliphatic heterocycles. The number of nitrogens with one attached hydrogen (secondary N) is 2. The zero-order chi connectivity index (χ0) is 22.2. The highest BCUT2D eigenvalue weighted by atomic mass is 127. The first-order valence-corrected chi connectivity index (χ1v) is 11.5. The molecular formula is C26H34IN5O. The highest BCUT2D eigenvalue weighted by Gasteiger charge is 2.20. The Hall–Kier alpha value is -2.39. The standard InChI is InChI=1S/C26H33N5O.HI/c1-3-27-26(28-17-24-19-32-25(29-24)21-10-5-4-6-11-21)30-23-13-15-31(16-14-23)18-22-12-8-7-9-20(22)2;/h4-12,19,23H,3,13-18H2,1-2H3,(H2,27,28,30);1H. The predicted octanol–water partition coefficient (Wildman–Crippen LogP) is 4.99. The van der Waals surface area contributed by atoms with Crippen molar-refractivity contribution in [1.29, 1.82) is 0 Å². The number of halogens is 1. The number of hydrogen-bond donors (Lipinski definition) is 2. The number of nitrogens with zero attached hydrogens (tertiary/aromatic N) is 3. The minimum absolute atomic E-state index is 0. The van der Waals surface area contributed by atoms with E-state index in [1.54, 1.807) is 6.26 Å². The number of likely N-dealkylation sites (tertiary alicyclic amines) is 1. The first-order chi connectivity index (χ1) is 15.7. The number of oxazole rings is 1. The smallest absolute Gasteiger partial charge is 0.226 e. The summed E-state index contributed by atoms with van der Waals surface area (Å²) in [4.78, 5) is 11.9. The fraction of sp³-hybridized carbons (Fsp3) is 0.385. The maximum atomic E-state index is 5.64. The molecule has 0 spiro atoms. The summed E-state index contributed by atoms with van der Waals surface area (Å²) >= 11 is 0. The number of aryl methyl sites for hydroxylation is 1. The summed E-state index contributed by atoms with van der Waals surface area (Å²) in [6.45, 7) is 8.81. The van der Waals surface area contributed by atoms with Crippen LogP contribution in [0.4, 0.5) is 0 Å². The van der Waals surface area contributed by atoms with E-state index >= 15 is 0 Å². The number of guanidine groups is 1. The van der Waals surface area contributed by atoms with Crippen molar-refractivity contribution in [2.75, 3.05) is 19.6 Å². The number of piperidine rings is 1. The fourth-order valence-electron chi connectivity index (χ4n) is 4.03. The van der Waals surface area contributed by atoms with E-state index in [4.69, 9.17) is 9.41 Å². The van der Waals surface area contributed by atoms with Crippen LogP contribution in [0.5, 0.6) is 0 Å². The Balaban J connectivity index is 0.00000306. The zero-order valence-electron chi connectivity index (χ0n) is 19.5. The molecular weight excluding hydrogens is 525 g/mol. The van der Waals surface area contributed by atoms with Crippen molar-refractivity contribution >= 4 is 29.9 Å². The third kappa shape index (κ3) is 7.30. The summed E-state index contributed by atoms with van der Waals surface area (Å²) < 4.78 is 5.64. The van der Waals surface area contributed by atoms with Gasteiger partial charge in [0, 0.05) is 37.8 Å². The Bertz CT molecular complexity index is 1010. The van der Waals surface area contributed by atoms with E-state index in [1.807, 2.05) is 30.3 Å². The van der Waals surface area contributed by atoms with Crippen molar-refractivity contribution in [3.8, 4) is 11.5 Å². The molecule has 6 nitrogen and oxygen atoms in total. The molecule has 0 amide bonds. The van der Waals surface area contributed by atoms with Gasteiger partial charge in [-0.05, 0) is 49.9 Å². The minimum Gasteiger partial charge on any atom is -0.444 e. The van der Waals surface area contributed by atoms with Gasteiger partial charge in [0.1, 0.15) is 12.0 Å². The molecule has 0 aliphatic carbocycles. The van der Waals surface area contributed by atoms with Gasteiger partial charge in [-0.1, -0.05) is 42.5 Å². The summed E-state index contributed by atoms with van der Waals surface area (Å²) in [5.74, 6) is 1.48. The highest BCUT2D eigenvalue weighted by molar-refractivity contribution is 14.0. The van der Waals surface area contributed by atoms with Crippen LogP contribution >= 0.6 is 24.0 Å². The van der Waals surface area contributed by atoms with E-state index in [-0.39, 0.29) is 24.0 Å². The minimum atomic E-state index is 0. The molecule has 7 heteroatoms. The lowest BCUT2D eigenvalue weighted by Gasteiger charge is -2.33. The monoisotopic (exact) mass is 559 g/mol. The van der Waals surface area contributed by atoms with Crippen LogP contribution < -0.4 is 10.6 Å². The van der Waals surface area contributed by atoms with Gasteiger partial charge in [0.15, 0.2) is 5.96 Å². The molecule has 0 radical (unpaired) electrons. The summed E-state index contributed by atoms with van der Waals surface area (Å²) in [6.07, 6.45) is 3.91. The summed E-state index contributed by atoms with van der Waals surface area (Å²) in [5.41, 5.74) is 4.60. The van der Waals surface area contributed by atoms with E-state index in [2.05, 4.69) is 58.6 Å². The number of aromatic nitrogens is 1. The molecule has 1 aromatic heterocycles. The van der Waals surface area contributed by atoms with Crippen LogP contribution in [-0.4, -0.2) is 41.5 Å². The van der Waals surface area contributed by atoms with Crippen LogP contribution in [0.1, 0.15) is 36.6 Å². The number of benzene rings is 2. The van der Waals surface area contributed by atoms with Crippen molar-refractivity contribution in [3.05, 3.63) is 77.7 Å². The molecule has 33 heavy (non-hydrogen) atoms. The van der Waals surface area contributed by atoms with Crippen molar-refractivity contribution in [2.45, 2.75) is 45.8 Å². The third-order valence-corrected chi connectivity index (χ3v) is 5.90. The largest absolute Gasteiger partial charge is 0.444 e. The van der Waals surface area contributed by atoms with Crippen LogP contribution in [0.15, 0.2) is 70.3 Å². The van der Waals surface area contributed by atoms with Gasteiger partial charge in [-0.2, -0.15) is 0 Å². The second kappa shape index (κ2) is 12.7. The molecule has 2 aromatic carbocycles. The van der Waals surface area contributed by atoms with Gasteiger partial charge in [-0.25, -0.2) is 9.98 Å². The highest BCUT2D eigenvalue weighted by Crippen LogP contribution is 2.19. The Morgan fingerprint density at radius 2 is 1.82 bits per heavy atom. The molecule has 2 N–H and O–H groups in total. The van der Waals surface area contributed by atoms with Gasteiger partial charge in [-0.15, -0.1) is 24.0 Å². The van der Waals surface area contributed by atoms with Gasteiger partial charge in [0.2, 0.25) is 5.89 Å². The van der Waals surface area contributed by atoms with Gasteiger partial charge >= 0.3 is 0 Å². The van der Waals surface area contributed by atoms with Crippen LogP contribution in [0, 0.1) is 6.92 Å². The molecule has 2 heterocycles. The summed E-state index contributed by atoms with van der Waals surface area (Å²) in [5, 5.41) is 6.98. The van der Waals surface area contributed by atoms with Crippen LogP contribution in [0.3, 0.4) is 0 Å². The lowest BCUT2D eigenvalue weighted by atomic mass is 10.0. The van der Waals surface area contributed by atoms with Crippen molar-refractivity contribution < 1.29 is 4.42 Å². The Morgan fingerprint density at radius 3 is 2.55 bits per heavy atom.